The van der Waals surface area contributed by atoms with Crippen LogP contribution in [0.5, 0.6) is 5.75 Å². The van der Waals surface area contributed by atoms with Crippen molar-refractivity contribution in [3.05, 3.63) is 76.9 Å². The highest BCUT2D eigenvalue weighted by Gasteiger charge is 2.30. The highest BCUT2D eigenvalue weighted by molar-refractivity contribution is 7.21. The summed E-state index contributed by atoms with van der Waals surface area (Å²) in [6.07, 6.45) is 0. The van der Waals surface area contributed by atoms with E-state index >= 15 is 0 Å². The zero-order chi connectivity index (χ0) is 22.3. The van der Waals surface area contributed by atoms with Gasteiger partial charge in [0.2, 0.25) is 11.6 Å². The number of amides is 1. The maximum absolute atomic E-state index is 14.3. The van der Waals surface area contributed by atoms with Gasteiger partial charge in [0, 0.05) is 11.3 Å². The van der Waals surface area contributed by atoms with Crippen LogP contribution in [0.4, 0.5) is 23.2 Å². The van der Waals surface area contributed by atoms with E-state index in [-0.39, 0.29) is 5.69 Å². The number of aryl methyl sites for hydroxylation is 1. The van der Waals surface area contributed by atoms with Crippen LogP contribution < -0.4 is 10.1 Å². The standard InChI is InChI=1S/C22H14F4N2O2S/c1-10-7-8-11(22-28-12-5-3-4-6-14(12)31-22)9-13(10)27-21(29)15-16(23)18(25)20(30-2)19(26)17(15)24/h3-9H,1-2H3,(H,27,29). The largest absolute Gasteiger partial charge is 0.491 e. The number of anilines is 1. The Morgan fingerprint density at radius 2 is 1.68 bits per heavy atom. The van der Waals surface area contributed by atoms with Crippen molar-refractivity contribution in [3.63, 3.8) is 0 Å². The monoisotopic (exact) mass is 446 g/mol. The first kappa shape index (κ1) is 20.8. The molecule has 1 amide bonds. The molecule has 31 heavy (non-hydrogen) atoms. The van der Waals surface area contributed by atoms with E-state index in [9.17, 15) is 22.4 Å². The molecule has 1 aromatic heterocycles. The first-order valence-electron chi connectivity index (χ1n) is 8.99. The van der Waals surface area contributed by atoms with Gasteiger partial charge < -0.3 is 10.1 Å². The van der Waals surface area contributed by atoms with Crippen molar-refractivity contribution in [3.8, 4) is 16.3 Å². The van der Waals surface area contributed by atoms with Gasteiger partial charge in [0.05, 0.1) is 17.3 Å². The molecular formula is C22H14F4N2O2S. The van der Waals surface area contributed by atoms with Crippen LogP contribution in [0.15, 0.2) is 42.5 Å². The number of thiazole rings is 1. The molecular weight excluding hydrogens is 432 g/mol. The van der Waals surface area contributed by atoms with Crippen LogP contribution in [0.3, 0.4) is 0 Å². The predicted molar refractivity (Wildman–Crippen MR) is 111 cm³/mol. The second-order valence-electron chi connectivity index (χ2n) is 6.63. The number of carbonyl (C=O) groups excluding carboxylic acids is 1. The van der Waals surface area contributed by atoms with E-state index in [2.05, 4.69) is 15.0 Å². The smallest absolute Gasteiger partial charge is 0.261 e. The third-order valence-electron chi connectivity index (χ3n) is 4.68. The fourth-order valence-corrected chi connectivity index (χ4v) is 4.02. The zero-order valence-electron chi connectivity index (χ0n) is 16.2. The van der Waals surface area contributed by atoms with Crippen molar-refractivity contribution in [2.75, 3.05) is 12.4 Å². The minimum atomic E-state index is -1.84. The van der Waals surface area contributed by atoms with Crippen LogP contribution >= 0.6 is 11.3 Å². The Morgan fingerprint density at radius 1 is 1.00 bits per heavy atom. The fraction of sp³-hybridized carbons (Fsp3) is 0.0909. The second-order valence-corrected chi connectivity index (χ2v) is 7.67. The third kappa shape index (κ3) is 3.61. The Hall–Kier alpha value is -3.46. The molecule has 0 spiro atoms. The molecule has 0 radical (unpaired) electrons. The quantitative estimate of drug-likeness (QED) is 0.305. The predicted octanol–water partition coefficient (Wildman–Crippen LogP) is 6.09. The molecule has 0 fully saturated rings. The van der Waals surface area contributed by atoms with Crippen LogP contribution in [0.25, 0.3) is 20.8 Å². The number of halogens is 4. The lowest BCUT2D eigenvalue weighted by atomic mass is 10.1. The SMILES string of the molecule is COc1c(F)c(F)c(C(=O)Nc2cc(-c3nc4ccccc4s3)ccc2C)c(F)c1F. The summed E-state index contributed by atoms with van der Waals surface area (Å²) < 4.78 is 61.8. The van der Waals surface area contributed by atoms with Crippen molar-refractivity contribution >= 4 is 33.1 Å². The van der Waals surface area contributed by atoms with Crippen molar-refractivity contribution in [1.82, 2.24) is 4.98 Å². The summed E-state index contributed by atoms with van der Waals surface area (Å²) in [6.45, 7) is 1.67. The van der Waals surface area contributed by atoms with Gasteiger partial charge in [-0.05, 0) is 30.7 Å². The van der Waals surface area contributed by atoms with Gasteiger partial charge in [-0.15, -0.1) is 11.3 Å². The summed E-state index contributed by atoms with van der Waals surface area (Å²) in [5.41, 5.74) is 0.892. The third-order valence-corrected chi connectivity index (χ3v) is 5.77. The maximum Gasteiger partial charge on any atom is 0.261 e. The molecule has 158 valence electrons. The Balaban J connectivity index is 1.72. The van der Waals surface area contributed by atoms with E-state index in [1.54, 1.807) is 25.1 Å². The number of nitrogens with one attached hydrogen (secondary N) is 1. The molecule has 0 aliphatic carbocycles. The van der Waals surface area contributed by atoms with E-state index < -0.39 is 40.5 Å². The number of carbonyl (C=O) groups is 1. The summed E-state index contributed by atoms with van der Waals surface area (Å²) in [7, 11) is 0.858. The van der Waals surface area contributed by atoms with Crippen molar-refractivity contribution in [1.29, 1.82) is 0 Å². The lowest BCUT2D eigenvalue weighted by Crippen LogP contribution is -2.19. The summed E-state index contributed by atoms with van der Waals surface area (Å²) in [4.78, 5) is 17.1. The van der Waals surface area contributed by atoms with E-state index in [1.807, 2.05) is 24.3 Å². The minimum Gasteiger partial charge on any atom is -0.491 e. The highest BCUT2D eigenvalue weighted by atomic mass is 32.1. The van der Waals surface area contributed by atoms with E-state index in [0.29, 0.717) is 16.1 Å². The number of hydrogen-bond donors (Lipinski definition) is 1. The molecule has 0 saturated heterocycles. The fourth-order valence-electron chi connectivity index (χ4n) is 3.06. The lowest BCUT2D eigenvalue weighted by molar-refractivity contribution is 0.101. The molecule has 4 aromatic rings. The number of rotatable bonds is 4. The lowest BCUT2D eigenvalue weighted by Gasteiger charge is -2.13. The number of aromatic nitrogens is 1. The second kappa shape index (κ2) is 7.99. The molecule has 1 heterocycles. The zero-order valence-corrected chi connectivity index (χ0v) is 17.0. The Morgan fingerprint density at radius 3 is 2.32 bits per heavy atom. The molecule has 0 aliphatic heterocycles. The molecule has 3 aromatic carbocycles. The molecule has 1 N–H and O–H groups in total. The molecule has 0 bridgehead atoms. The summed E-state index contributed by atoms with van der Waals surface area (Å²) in [5.74, 6) is -9.82. The van der Waals surface area contributed by atoms with Crippen LogP contribution in [-0.4, -0.2) is 18.0 Å². The van der Waals surface area contributed by atoms with Gasteiger partial charge in [0.1, 0.15) is 10.6 Å². The molecule has 0 saturated carbocycles. The molecule has 4 rings (SSSR count). The van der Waals surface area contributed by atoms with Gasteiger partial charge in [-0.25, -0.2) is 13.8 Å². The van der Waals surface area contributed by atoms with Gasteiger partial charge in [-0.3, -0.25) is 4.79 Å². The highest BCUT2D eigenvalue weighted by Crippen LogP contribution is 2.33. The molecule has 4 nitrogen and oxygen atoms in total. The van der Waals surface area contributed by atoms with Gasteiger partial charge in [-0.2, -0.15) is 8.78 Å². The summed E-state index contributed by atoms with van der Waals surface area (Å²) in [6, 6.07) is 12.6. The molecule has 0 aliphatic rings. The Labute approximate surface area is 178 Å². The first-order valence-corrected chi connectivity index (χ1v) is 9.81. The minimum absolute atomic E-state index is 0.220. The van der Waals surface area contributed by atoms with Crippen LogP contribution in [0.2, 0.25) is 0 Å². The molecule has 0 atom stereocenters. The Bertz CT molecular complexity index is 1270. The van der Waals surface area contributed by atoms with Crippen LogP contribution in [-0.2, 0) is 0 Å². The Kier molecular flexibility index (Phi) is 5.36. The van der Waals surface area contributed by atoms with E-state index in [0.717, 1.165) is 17.3 Å². The van der Waals surface area contributed by atoms with Crippen LogP contribution in [0, 0.1) is 30.2 Å². The summed E-state index contributed by atoms with van der Waals surface area (Å²) in [5, 5.41) is 3.00. The van der Waals surface area contributed by atoms with Crippen molar-refractivity contribution in [2.24, 2.45) is 0 Å². The van der Waals surface area contributed by atoms with E-state index in [4.69, 9.17) is 0 Å². The molecule has 9 heteroatoms. The number of methoxy groups -OCH3 is 1. The van der Waals surface area contributed by atoms with Gasteiger partial charge in [-0.1, -0.05) is 24.3 Å². The topological polar surface area (TPSA) is 51.2 Å². The van der Waals surface area contributed by atoms with Gasteiger partial charge >= 0.3 is 0 Å². The first-order chi connectivity index (χ1) is 14.8. The van der Waals surface area contributed by atoms with Crippen molar-refractivity contribution in [2.45, 2.75) is 6.92 Å². The number of fused-ring (bicyclic) bond motifs is 1. The molecule has 0 unspecified atom stereocenters. The van der Waals surface area contributed by atoms with Crippen LogP contribution in [0.1, 0.15) is 15.9 Å². The number of hydrogen-bond acceptors (Lipinski definition) is 4. The summed E-state index contributed by atoms with van der Waals surface area (Å²) >= 11 is 1.44. The number of para-hydroxylation sites is 1. The van der Waals surface area contributed by atoms with Crippen molar-refractivity contribution < 1.29 is 27.1 Å². The maximum atomic E-state index is 14.3. The van der Waals surface area contributed by atoms with Gasteiger partial charge in [0.25, 0.3) is 5.91 Å². The normalized spacial score (nSPS) is 11.0. The number of benzene rings is 3. The number of nitrogens with zero attached hydrogens (tertiary/aromatic N) is 1. The number of ether oxygens (including phenoxy) is 1. The average Bonchev–Trinajstić information content (AvgIpc) is 3.19. The average molecular weight is 446 g/mol. The van der Waals surface area contributed by atoms with E-state index in [1.165, 1.54) is 11.3 Å². The van der Waals surface area contributed by atoms with Gasteiger partial charge in [0.15, 0.2) is 17.4 Å².